The Balaban J connectivity index is 0.000000191. The summed E-state index contributed by atoms with van der Waals surface area (Å²) < 4.78 is 39.0. The highest BCUT2D eigenvalue weighted by molar-refractivity contribution is 8.13. The maximum absolute atomic E-state index is 12.2. The van der Waals surface area contributed by atoms with Crippen LogP contribution in [0.4, 0.5) is 16.2 Å². The Bertz CT molecular complexity index is 2160. The van der Waals surface area contributed by atoms with Crippen LogP contribution in [-0.4, -0.2) is 60.8 Å². The molecule has 1 atom stereocenters. The average molecular weight is 808 g/mol. The molecular weight excluding hydrogens is 762 g/mol. The standard InChI is InChI=1S/C17H20O.C16H22N2O5.C8H4ClNO4S/c1-12-5-7-16(8-6-12)11-18-17-14(3)9-13(2)10-15(17)4;1-16(2,3)23-15(19)17-10-4-5-13(17)11-22-14-8-6-12(7-9-14)18(20)21;9-15(13,14)4-1-2-6-5(3-4)7(11)8(12)10-6/h5-10H,11H2,1-4H3;6-9,13H,4-5,10-11H2,1-3H3;1-3H,(H,10,11,12). The number of rotatable bonds is 8. The van der Waals surface area contributed by atoms with Gasteiger partial charge in [0, 0.05) is 29.4 Å². The summed E-state index contributed by atoms with van der Waals surface area (Å²) in [7, 11) is 1.22. The summed E-state index contributed by atoms with van der Waals surface area (Å²) >= 11 is 0. The summed E-state index contributed by atoms with van der Waals surface area (Å²) in [6.07, 6.45) is 1.44. The summed E-state index contributed by atoms with van der Waals surface area (Å²) in [6.45, 7) is 15.6. The van der Waals surface area contributed by atoms with Gasteiger partial charge in [-0.3, -0.25) is 19.7 Å². The molecular formula is C41H46ClN3O10S. The van der Waals surface area contributed by atoms with E-state index in [1.807, 2.05) is 20.8 Å². The first kappa shape index (κ1) is 43.3. The number of likely N-dealkylation sites (tertiary alicyclic amines) is 1. The number of carbonyl (C=O) groups excluding carboxylic acids is 3. The molecule has 2 aliphatic heterocycles. The highest BCUT2D eigenvalue weighted by Crippen LogP contribution is 2.28. The molecule has 0 aromatic heterocycles. The number of ether oxygens (including phenoxy) is 3. The number of hydrogen-bond acceptors (Lipinski definition) is 10. The van der Waals surface area contributed by atoms with E-state index >= 15 is 0 Å². The highest BCUT2D eigenvalue weighted by atomic mass is 35.7. The maximum Gasteiger partial charge on any atom is 0.410 e. The molecule has 1 fully saturated rings. The van der Waals surface area contributed by atoms with Crippen molar-refractivity contribution in [2.24, 2.45) is 0 Å². The molecule has 15 heteroatoms. The zero-order valence-corrected chi connectivity index (χ0v) is 34.0. The molecule has 4 aromatic rings. The predicted octanol–water partition coefficient (Wildman–Crippen LogP) is 8.62. The Morgan fingerprint density at radius 1 is 0.911 bits per heavy atom. The highest BCUT2D eigenvalue weighted by Gasteiger charge is 2.33. The SMILES string of the molecule is CC(C)(C)OC(=O)N1CCCC1COc1ccc([N+](=O)[O-])cc1.Cc1ccc(COc2c(C)cc(C)cc2C)cc1.O=C1Nc2ccc(S(=O)(=O)Cl)cc2C1=O. The van der Waals surface area contributed by atoms with Crippen molar-refractivity contribution < 1.29 is 41.9 Å². The summed E-state index contributed by atoms with van der Waals surface area (Å²) in [5.41, 5.74) is 6.02. The number of benzene rings is 4. The lowest BCUT2D eigenvalue weighted by atomic mass is 10.1. The van der Waals surface area contributed by atoms with Gasteiger partial charge in [0.15, 0.2) is 0 Å². The Morgan fingerprint density at radius 2 is 1.54 bits per heavy atom. The fourth-order valence-corrected chi connectivity index (χ4v) is 6.71. The molecule has 56 heavy (non-hydrogen) atoms. The second kappa shape index (κ2) is 18.4. The zero-order chi connectivity index (χ0) is 41.4. The number of nitro groups is 1. The number of non-ortho nitro benzene ring substituents is 1. The Labute approximate surface area is 331 Å². The van der Waals surface area contributed by atoms with Crippen LogP contribution in [0.2, 0.25) is 0 Å². The second-order valence-corrected chi connectivity index (χ2v) is 17.0. The van der Waals surface area contributed by atoms with Gasteiger partial charge < -0.3 is 24.4 Å². The molecule has 2 aliphatic rings. The first-order chi connectivity index (χ1) is 26.2. The summed E-state index contributed by atoms with van der Waals surface area (Å²) in [6, 6.07) is 22.3. The maximum atomic E-state index is 12.2. The number of aryl methyl sites for hydroxylation is 4. The van der Waals surface area contributed by atoms with Crippen molar-refractivity contribution >= 4 is 48.9 Å². The van der Waals surface area contributed by atoms with Gasteiger partial charge in [-0.2, -0.15) is 0 Å². The molecule has 298 valence electrons. The van der Waals surface area contributed by atoms with Gasteiger partial charge >= 0.3 is 6.09 Å². The summed E-state index contributed by atoms with van der Waals surface area (Å²) in [5.74, 6) is 0.0362. The van der Waals surface area contributed by atoms with Crippen molar-refractivity contribution in [3.63, 3.8) is 0 Å². The molecule has 0 bridgehead atoms. The molecule has 1 saturated heterocycles. The first-order valence-electron chi connectivity index (χ1n) is 17.8. The van der Waals surface area contributed by atoms with Crippen molar-refractivity contribution in [3.05, 3.63) is 122 Å². The molecule has 4 aromatic carbocycles. The van der Waals surface area contributed by atoms with Crippen molar-refractivity contribution in [2.75, 3.05) is 18.5 Å². The number of halogens is 1. The van der Waals surface area contributed by atoms with E-state index in [0.29, 0.717) is 31.2 Å². The van der Waals surface area contributed by atoms with E-state index < -0.39 is 31.3 Å². The van der Waals surface area contributed by atoms with E-state index in [0.717, 1.165) is 24.7 Å². The van der Waals surface area contributed by atoms with Crippen LogP contribution in [-0.2, 0) is 25.2 Å². The number of nitrogens with zero attached hydrogens (tertiary/aromatic N) is 2. The van der Waals surface area contributed by atoms with Crippen LogP contribution in [0.5, 0.6) is 11.5 Å². The number of hydrogen-bond donors (Lipinski definition) is 1. The van der Waals surface area contributed by atoms with Gasteiger partial charge in [-0.1, -0.05) is 47.5 Å². The number of carbonyl (C=O) groups is 3. The quantitative estimate of drug-likeness (QED) is 0.0787. The van der Waals surface area contributed by atoms with Crippen LogP contribution in [0.3, 0.4) is 0 Å². The average Bonchev–Trinajstić information content (AvgIpc) is 3.70. The molecule has 1 N–H and O–H groups in total. The lowest BCUT2D eigenvalue weighted by Gasteiger charge is -2.28. The van der Waals surface area contributed by atoms with Crippen molar-refractivity contribution in [2.45, 2.75) is 84.5 Å². The monoisotopic (exact) mass is 807 g/mol. The number of nitrogens with one attached hydrogen (secondary N) is 1. The molecule has 2 heterocycles. The van der Waals surface area contributed by atoms with E-state index in [1.54, 1.807) is 17.0 Å². The number of Topliss-reactive ketones (excluding diaryl/α,β-unsaturated/α-hetero) is 1. The Hall–Kier alpha value is -5.47. The third-order valence-electron chi connectivity index (χ3n) is 8.58. The third kappa shape index (κ3) is 12.3. The Morgan fingerprint density at radius 3 is 2.11 bits per heavy atom. The van der Waals surface area contributed by atoms with Crippen molar-refractivity contribution in [1.82, 2.24) is 4.90 Å². The van der Waals surface area contributed by atoms with Crippen LogP contribution < -0.4 is 14.8 Å². The van der Waals surface area contributed by atoms with Crippen molar-refractivity contribution in [3.8, 4) is 11.5 Å². The molecule has 0 radical (unpaired) electrons. The van der Waals surface area contributed by atoms with E-state index in [9.17, 15) is 32.9 Å². The minimum Gasteiger partial charge on any atom is -0.491 e. The fraction of sp³-hybridized carbons (Fsp3) is 0.341. The lowest BCUT2D eigenvalue weighted by Crippen LogP contribution is -2.42. The van der Waals surface area contributed by atoms with Gasteiger partial charge in [-0.15, -0.1) is 0 Å². The second-order valence-electron chi connectivity index (χ2n) is 14.5. The minimum absolute atomic E-state index is 0.0218. The van der Waals surface area contributed by atoms with Gasteiger partial charge in [-0.05, 0) is 108 Å². The molecule has 6 rings (SSSR count). The largest absolute Gasteiger partial charge is 0.491 e. The van der Waals surface area contributed by atoms with Crippen LogP contribution >= 0.6 is 10.7 Å². The van der Waals surface area contributed by atoms with Gasteiger partial charge in [0.25, 0.3) is 26.4 Å². The van der Waals surface area contributed by atoms with Crippen LogP contribution in [0.15, 0.2) is 83.8 Å². The number of nitro benzene ring substituents is 1. The van der Waals surface area contributed by atoms with E-state index in [2.05, 4.69) is 69.4 Å². The van der Waals surface area contributed by atoms with Gasteiger partial charge in [-0.25, -0.2) is 13.2 Å². The van der Waals surface area contributed by atoms with Crippen LogP contribution in [0, 0.1) is 37.8 Å². The number of ketones is 1. The van der Waals surface area contributed by atoms with E-state index in [1.165, 1.54) is 52.1 Å². The topological polar surface area (TPSA) is 171 Å². The number of anilines is 1. The molecule has 0 saturated carbocycles. The van der Waals surface area contributed by atoms with Gasteiger partial charge in [0.1, 0.15) is 30.3 Å². The fourth-order valence-electron chi connectivity index (χ4n) is 5.93. The van der Waals surface area contributed by atoms with Crippen LogP contribution in [0.1, 0.15) is 71.8 Å². The number of fused-ring (bicyclic) bond motifs is 1. The van der Waals surface area contributed by atoms with Gasteiger partial charge in [0.2, 0.25) is 0 Å². The van der Waals surface area contributed by atoms with Crippen LogP contribution in [0.25, 0.3) is 0 Å². The summed E-state index contributed by atoms with van der Waals surface area (Å²) in [5, 5.41) is 12.9. The lowest BCUT2D eigenvalue weighted by molar-refractivity contribution is -0.384. The molecule has 0 aliphatic carbocycles. The van der Waals surface area contributed by atoms with Crippen molar-refractivity contribution in [1.29, 1.82) is 0 Å². The molecule has 0 spiro atoms. The Kier molecular flexibility index (Phi) is 14.2. The molecule has 13 nitrogen and oxygen atoms in total. The smallest absolute Gasteiger partial charge is 0.410 e. The first-order valence-corrected chi connectivity index (χ1v) is 20.1. The summed E-state index contributed by atoms with van der Waals surface area (Å²) in [4.78, 5) is 46.0. The zero-order valence-electron chi connectivity index (χ0n) is 32.4. The minimum atomic E-state index is -3.88. The normalized spacial score (nSPS) is 14.7. The third-order valence-corrected chi connectivity index (χ3v) is 9.93. The van der Waals surface area contributed by atoms with E-state index in [4.69, 9.17) is 24.9 Å². The van der Waals surface area contributed by atoms with Gasteiger partial charge in [0.05, 0.1) is 27.1 Å². The predicted molar refractivity (Wildman–Crippen MR) is 213 cm³/mol. The molecule has 2 amide bonds. The molecule has 1 unspecified atom stereocenters. The van der Waals surface area contributed by atoms with E-state index in [-0.39, 0.29) is 28.3 Å². The number of amides is 2.